The fraction of sp³-hybridized carbons (Fsp3) is 0.385. The average Bonchev–Trinajstić information content (AvgIpc) is 2.41. The molecule has 1 heterocycles. The van der Waals surface area contributed by atoms with E-state index in [9.17, 15) is 9.59 Å². The third-order valence-electron chi connectivity index (χ3n) is 3.16. The van der Waals surface area contributed by atoms with Crippen molar-refractivity contribution in [3.63, 3.8) is 0 Å². The Balaban J connectivity index is 2.24. The molecular formula is C13H15N3O3. The summed E-state index contributed by atoms with van der Waals surface area (Å²) in [6.07, 6.45) is 0.907. The zero-order valence-corrected chi connectivity index (χ0v) is 10.6. The number of rotatable bonds is 5. The highest BCUT2D eigenvalue weighted by atomic mass is 16.4. The van der Waals surface area contributed by atoms with E-state index in [0.717, 1.165) is 0 Å². The van der Waals surface area contributed by atoms with Crippen LogP contribution in [-0.4, -0.2) is 26.1 Å². The first-order valence-electron chi connectivity index (χ1n) is 6.18. The van der Waals surface area contributed by atoms with Crippen molar-refractivity contribution in [1.29, 1.82) is 0 Å². The molecule has 0 aliphatic heterocycles. The summed E-state index contributed by atoms with van der Waals surface area (Å²) in [7, 11) is 0. The van der Waals surface area contributed by atoms with E-state index >= 15 is 0 Å². The molecule has 1 atom stereocenters. The molecule has 0 spiro atoms. The molecule has 1 aromatic carbocycles. The molecule has 100 valence electrons. The lowest BCUT2D eigenvalue weighted by molar-refractivity contribution is -0.142. The zero-order valence-electron chi connectivity index (χ0n) is 10.6. The number of nitrogens with zero attached hydrogens (tertiary/aromatic N) is 3. The Labute approximate surface area is 109 Å². The predicted molar refractivity (Wildman–Crippen MR) is 69.8 cm³/mol. The largest absolute Gasteiger partial charge is 0.481 e. The maximum atomic E-state index is 12.1. The molecule has 0 aliphatic carbocycles. The van der Waals surface area contributed by atoms with Gasteiger partial charge in [-0.15, -0.1) is 5.10 Å². The topological polar surface area (TPSA) is 85.1 Å². The second-order valence-electron chi connectivity index (χ2n) is 4.37. The van der Waals surface area contributed by atoms with Crippen LogP contribution >= 0.6 is 0 Å². The zero-order chi connectivity index (χ0) is 13.8. The van der Waals surface area contributed by atoms with Crippen molar-refractivity contribution in [2.24, 2.45) is 5.92 Å². The van der Waals surface area contributed by atoms with E-state index in [1.165, 1.54) is 4.68 Å². The summed E-state index contributed by atoms with van der Waals surface area (Å²) in [6.45, 7) is 2.08. The highest BCUT2D eigenvalue weighted by molar-refractivity contribution is 5.76. The first-order valence-corrected chi connectivity index (χ1v) is 6.18. The molecule has 19 heavy (non-hydrogen) atoms. The van der Waals surface area contributed by atoms with Crippen LogP contribution in [0.3, 0.4) is 0 Å². The van der Waals surface area contributed by atoms with Gasteiger partial charge in [-0.2, -0.15) is 0 Å². The molecule has 0 radical (unpaired) electrons. The van der Waals surface area contributed by atoms with Crippen molar-refractivity contribution < 1.29 is 9.90 Å². The molecule has 0 aliphatic rings. The number of hydrogen-bond acceptors (Lipinski definition) is 4. The first kappa shape index (κ1) is 13.2. The average molecular weight is 261 g/mol. The van der Waals surface area contributed by atoms with Crippen molar-refractivity contribution >= 4 is 16.9 Å². The van der Waals surface area contributed by atoms with Crippen molar-refractivity contribution in [2.75, 3.05) is 0 Å². The molecule has 0 saturated carbocycles. The molecule has 1 unspecified atom stereocenters. The number of carboxylic acids is 1. The van der Waals surface area contributed by atoms with Crippen LogP contribution in [0.25, 0.3) is 10.9 Å². The van der Waals surface area contributed by atoms with Gasteiger partial charge in [-0.05, 0) is 25.0 Å². The minimum Gasteiger partial charge on any atom is -0.481 e. The van der Waals surface area contributed by atoms with Crippen LogP contribution in [0.2, 0.25) is 0 Å². The molecule has 0 bridgehead atoms. The van der Waals surface area contributed by atoms with E-state index in [1.54, 1.807) is 24.3 Å². The molecule has 0 saturated heterocycles. The van der Waals surface area contributed by atoms with Gasteiger partial charge < -0.3 is 5.11 Å². The van der Waals surface area contributed by atoms with E-state index < -0.39 is 11.9 Å². The van der Waals surface area contributed by atoms with E-state index in [4.69, 9.17) is 5.11 Å². The number of carbonyl (C=O) groups is 1. The van der Waals surface area contributed by atoms with E-state index in [-0.39, 0.29) is 12.1 Å². The second-order valence-corrected chi connectivity index (χ2v) is 4.37. The molecule has 2 aromatic rings. The van der Waals surface area contributed by atoms with Crippen molar-refractivity contribution in [2.45, 2.75) is 26.3 Å². The van der Waals surface area contributed by atoms with Crippen LogP contribution in [0.1, 0.15) is 19.8 Å². The summed E-state index contributed by atoms with van der Waals surface area (Å²) in [5.74, 6) is -1.30. The van der Waals surface area contributed by atoms with Gasteiger partial charge >= 0.3 is 5.97 Å². The maximum Gasteiger partial charge on any atom is 0.306 e. The number of aryl methyl sites for hydroxylation is 1. The number of fused-ring (bicyclic) bond motifs is 1. The van der Waals surface area contributed by atoms with Crippen LogP contribution < -0.4 is 5.56 Å². The maximum absolute atomic E-state index is 12.1. The van der Waals surface area contributed by atoms with Gasteiger partial charge in [0.2, 0.25) is 0 Å². The lowest BCUT2D eigenvalue weighted by Gasteiger charge is -2.10. The highest BCUT2D eigenvalue weighted by Crippen LogP contribution is 2.09. The van der Waals surface area contributed by atoms with Gasteiger partial charge in [0.25, 0.3) is 5.56 Å². The monoisotopic (exact) mass is 261 g/mol. The Morgan fingerprint density at radius 1 is 1.42 bits per heavy atom. The van der Waals surface area contributed by atoms with Crippen LogP contribution in [0.5, 0.6) is 0 Å². The van der Waals surface area contributed by atoms with Crippen LogP contribution in [0, 0.1) is 5.92 Å². The Morgan fingerprint density at radius 2 is 2.16 bits per heavy atom. The van der Waals surface area contributed by atoms with Crippen molar-refractivity contribution in [1.82, 2.24) is 15.0 Å². The fourth-order valence-corrected chi connectivity index (χ4v) is 1.95. The summed E-state index contributed by atoms with van der Waals surface area (Å²) >= 11 is 0. The first-order chi connectivity index (χ1) is 9.13. The molecule has 0 amide bonds. The van der Waals surface area contributed by atoms with E-state index in [1.807, 2.05) is 6.92 Å². The number of carboxylic acid groups (broad SMARTS) is 1. The number of hydrogen-bond donors (Lipinski definition) is 1. The molecule has 0 fully saturated rings. The van der Waals surface area contributed by atoms with Crippen molar-refractivity contribution in [3.05, 3.63) is 34.6 Å². The third kappa shape index (κ3) is 2.78. The summed E-state index contributed by atoms with van der Waals surface area (Å²) in [4.78, 5) is 23.0. The van der Waals surface area contributed by atoms with Gasteiger partial charge in [0.15, 0.2) is 0 Å². The van der Waals surface area contributed by atoms with Gasteiger partial charge in [-0.1, -0.05) is 24.3 Å². The molecule has 2 rings (SSSR count). The van der Waals surface area contributed by atoms with Gasteiger partial charge in [0.1, 0.15) is 5.52 Å². The normalized spacial score (nSPS) is 12.5. The summed E-state index contributed by atoms with van der Waals surface area (Å²) < 4.78 is 1.23. The fourth-order valence-electron chi connectivity index (χ4n) is 1.95. The van der Waals surface area contributed by atoms with E-state index in [2.05, 4.69) is 10.3 Å². The number of benzene rings is 1. The summed E-state index contributed by atoms with van der Waals surface area (Å²) in [6, 6.07) is 6.97. The second kappa shape index (κ2) is 5.60. The molecule has 1 aromatic heterocycles. The van der Waals surface area contributed by atoms with Gasteiger partial charge in [0, 0.05) is 6.54 Å². The minimum absolute atomic E-state index is 0.231. The van der Waals surface area contributed by atoms with Crippen molar-refractivity contribution in [3.8, 4) is 0 Å². The molecular weight excluding hydrogens is 246 g/mol. The lowest BCUT2D eigenvalue weighted by atomic mass is 10.0. The van der Waals surface area contributed by atoms with Crippen LogP contribution in [0.15, 0.2) is 29.1 Å². The van der Waals surface area contributed by atoms with Gasteiger partial charge in [-0.3, -0.25) is 9.59 Å². The number of aliphatic carboxylic acids is 1. The Hall–Kier alpha value is -2.24. The Bertz CT molecular complexity index is 651. The van der Waals surface area contributed by atoms with Crippen LogP contribution in [0.4, 0.5) is 0 Å². The summed E-state index contributed by atoms with van der Waals surface area (Å²) in [5.41, 5.74) is 0.319. The highest BCUT2D eigenvalue weighted by Gasteiger charge is 2.15. The molecule has 6 nitrogen and oxygen atoms in total. The summed E-state index contributed by atoms with van der Waals surface area (Å²) in [5, 5.41) is 17.3. The smallest absolute Gasteiger partial charge is 0.306 e. The standard InChI is InChI=1S/C13H15N3O3/c1-2-9(13(18)19)7-8-16-12(17)10-5-3-4-6-11(10)14-15-16/h3-6,9H,2,7-8H2,1H3,(H,18,19). The molecule has 1 N–H and O–H groups in total. The number of aromatic nitrogens is 3. The third-order valence-corrected chi connectivity index (χ3v) is 3.16. The Morgan fingerprint density at radius 3 is 2.84 bits per heavy atom. The van der Waals surface area contributed by atoms with Crippen LogP contribution in [-0.2, 0) is 11.3 Å². The Kier molecular flexibility index (Phi) is 3.89. The predicted octanol–water partition coefficient (Wildman–Crippen LogP) is 1.29. The minimum atomic E-state index is -0.843. The SMILES string of the molecule is CCC(CCn1nnc2ccccc2c1=O)C(=O)O. The quantitative estimate of drug-likeness (QED) is 0.876. The van der Waals surface area contributed by atoms with Gasteiger partial charge in [0.05, 0.1) is 11.3 Å². The molecule has 6 heteroatoms. The van der Waals surface area contributed by atoms with E-state index in [0.29, 0.717) is 23.7 Å². The lowest BCUT2D eigenvalue weighted by Crippen LogP contribution is -2.26. The van der Waals surface area contributed by atoms with Gasteiger partial charge in [-0.25, -0.2) is 4.68 Å².